The van der Waals surface area contributed by atoms with Crippen LogP contribution in [0.5, 0.6) is 11.5 Å². The zero-order chi connectivity index (χ0) is 15.9. The second-order valence-electron chi connectivity index (χ2n) is 5.35. The summed E-state index contributed by atoms with van der Waals surface area (Å²) in [6.07, 6.45) is 0.0359. The average molecular weight is 303 g/mol. The first-order valence-corrected chi connectivity index (χ1v) is 6.89. The van der Waals surface area contributed by atoms with Gasteiger partial charge in [-0.15, -0.1) is 0 Å². The van der Waals surface area contributed by atoms with Gasteiger partial charge in [-0.3, -0.25) is 10.1 Å². The van der Waals surface area contributed by atoms with E-state index in [0.29, 0.717) is 41.0 Å². The summed E-state index contributed by atoms with van der Waals surface area (Å²) in [5.74, 6) is 0.339. The smallest absolute Gasteiger partial charge is 0.275 e. The van der Waals surface area contributed by atoms with E-state index in [4.69, 9.17) is 4.74 Å². The molecule has 22 heavy (non-hydrogen) atoms. The highest BCUT2D eigenvalue weighted by Crippen LogP contribution is 2.43. The third kappa shape index (κ3) is 2.53. The minimum Gasteiger partial charge on any atom is -0.457 e. The molecule has 0 saturated heterocycles. The number of aliphatic hydroxyl groups excluding tert-OH is 1. The van der Waals surface area contributed by atoms with Crippen LogP contribution in [0.25, 0.3) is 0 Å². The molecule has 1 atom stereocenters. The molecule has 5 nitrogen and oxygen atoms in total. The lowest BCUT2D eigenvalue weighted by molar-refractivity contribution is -0.386. The molecule has 0 bridgehead atoms. The summed E-state index contributed by atoms with van der Waals surface area (Å²) in [5, 5.41) is 21.0. The summed E-state index contributed by atoms with van der Waals surface area (Å²) in [5.41, 5.74) is 1.52. The molecule has 1 unspecified atom stereocenters. The molecular formula is C16H14FNO4. The number of rotatable bonds is 3. The van der Waals surface area contributed by atoms with Gasteiger partial charge in [0.25, 0.3) is 5.69 Å². The molecule has 0 aliphatic heterocycles. The highest BCUT2D eigenvalue weighted by atomic mass is 19.1. The number of fused-ring (bicyclic) bond motifs is 1. The van der Waals surface area contributed by atoms with Gasteiger partial charge in [-0.2, -0.15) is 0 Å². The van der Waals surface area contributed by atoms with Crippen molar-refractivity contribution in [2.24, 2.45) is 0 Å². The highest BCUT2D eigenvalue weighted by Gasteiger charge is 2.32. The van der Waals surface area contributed by atoms with Crippen molar-refractivity contribution in [1.82, 2.24) is 0 Å². The Morgan fingerprint density at radius 1 is 1.36 bits per heavy atom. The molecule has 1 N–H and O–H groups in total. The van der Waals surface area contributed by atoms with Gasteiger partial charge in [-0.1, -0.05) is 0 Å². The van der Waals surface area contributed by atoms with Crippen LogP contribution in [0, 0.1) is 22.9 Å². The van der Waals surface area contributed by atoms with Gasteiger partial charge in [0.05, 0.1) is 16.6 Å². The highest BCUT2D eigenvalue weighted by molar-refractivity contribution is 5.56. The molecule has 114 valence electrons. The Labute approximate surface area is 126 Å². The fourth-order valence-corrected chi connectivity index (χ4v) is 2.83. The van der Waals surface area contributed by atoms with Crippen LogP contribution in [0.2, 0.25) is 0 Å². The number of hydrogen-bond acceptors (Lipinski definition) is 4. The molecule has 0 saturated carbocycles. The largest absolute Gasteiger partial charge is 0.457 e. The topological polar surface area (TPSA) is 72.6 Å². The Morgan fingerprint density at radius 2 is 2.14 bits per heavy atom. The molecule has 0 aromatic heterocycles. The number of nitrogens with zero attached hydrogens (tertiary/aromatic N) is 1. The van der Waals surface area contributed by atoms with Crippen LogP contribution in [-0.4, -0.2) is 10.0 Å². The van der Waals surface area contributed by atoms with E-state index in [-0.39, 0.29) is 5.69 Å². The molecule has 2 aromatic carbocycles. The van der Waals surface area contributed by atoms with Gasteiger partial charge in [0.15, 0.2) is 0 Å². The van der Waals surface area contributed by atoms with Crippen molar-refractivity contribution in [2.45, 2.75) is 25.9 Å². The van der Waals surface area contributed by atoms with Crippen molar-refractivity contribution in [3.63, 3.8) is 0 Å². The molecule has 0 radical (unpaired) electrons. The monoisotopic (exact) mass is 303 g/mol. The number of ether oxygens (including phenoxy) is 1. The molecule has 2 aromatic rings. The standard InChI is InChI=1S/C16H14FNO4/c1-9-6-10(17)8-11(7-9)22-15-5-3-13(18(20)21)16-12(15)2-4-14(16)19/h3,5-8,14,19H,2,4H2,1H3. The van der Waals surface area contributed by atoms with Crippen LogP contribution >= 0.6 is 0 Å². The maximum atomic E-state index is 13.4. The van der Waals surface area contributed by atoms with Crippen LogP contribution in [0.15, 0.2) is 30.3 Å². The molecule has 1 aliphatic carbocycles. The van der Waals surface area contributed by atoms with Crippen molar-refractivity contribution in [3.8, 4) is 11.5 Å². The SMILES string of the molecule is Cc1cc(F)cc(Oc2ccc([N+](=O)[O-])c3c2CCC3O)c1. The predicted molar refractivity (Wildman–Crippen MR) is 77.6 cm³/mol. The number of nitro benzene ring substituents is 1. The Hall–Kier alpha value is -2.47. The lowest BCUT2D eigenvalue weighted by Crippen LogP contribution is -2.00. The Balaban J connectivity index is 2.04. The quantitative estimate of drug-likeness (QED) is 0.691. The van der Waals surface area contributed by atoms with E-state index in [1.165, 1.54) is 24.3 Å². The molecule has 6 heteroatoms. The van der Waals surface area contributed by atoms with E-state index < -0.39 is 16.8 Å². The van der Waals surface area contributed by atoms with Crippen LogP contribution in [0.3, 0.4) is 0 Å². The van der Waals surface area contributed by atoms with E-state index in [9.17, 15) is 19.6 Å². The van der Waals surface area contributed by atoms with E-state index in [1.807, 2.05) is 0 Å². The van der Waals surface area contributed by atoms with Gasteiger partial charge in [0.2, 0.25) is 0 Å². The fraction of sp³-hybridized carbons (Fsp3) is 0.250. The Morgan fingerprint density at radius 3 is 2.82 bits per heavy atom. The second kappa shape index (κ2) is 5.38. The van der Waals surface area contributed by atoms with Crippen LogP contribution in [0.4, 0.5) is 10.1 Å². The zero-order valence-corrected chi connectivity index (χ0v) is 11.9. The summed E-state index contributed by atoms with van der Waals surface area (Å²) in [6.45, 7) is 1.75. The average Bonchev–Trinajstić information content (AvgIpc) is 2.80. The molecule has 0 fully saturated rings. The van der Waals surface area contributed by atoms with E-state index in [0.717, 1.165) is 0 Å². The van der Waals surface area contributed by atoms with E-state index in [2.05, 4.69) is 0 Å². The minimum atomic E-state index is -0.867. The summed E-state index contributed by atoms with van der Waals surface area (Å²) >= 11 is 0. The third-order valence-corrected chi connectivity index (χ3v) is 3.73. The number of nitro groups is 1. The number of benzene rings is 2. The predicted octanol–water partition coefficient (Wildman–Crippen LogP) is 3.81. The molecule has 3 rings (SSSR count). The second-order valence-corrected chi connectivity index (χ2v) is 5.35. The minimum absolute atomic E-state index is 0.109. The van der Waals surface area contributed by atoms with Gasteiger partial charge >= 0.3 is 0 Å². The molecule has 0 spiro atoms. The maximum absolute atomic E-state index is 13.4. The van der Waals surface area contributed by atoms with Gasteiger partial charge in [0.1, 0.15) is 17.3 Å². The van der Waals surface area contributed by atoms with Gasteiger partial charge in [0, 0.05) is 17.7 Å². The van der Waals surface area contributed by atoms with Gasteiger partial charge < -0.3 is 9.84 Å². The summed E-state index contributed by atoms with van der Waals surface area (Å²) in [7, 11) is 0. The van der Waals surface area contributed by atoms with Gasteiger partial charge in [-0.25, -0.2) is 4.39 Å². The van der Waals surface area contributed by atoms with E-state index in [1.54, 1.807) is 13.0 Å². The van der Waals surface area contributed by atoms with Crippen LogP contribution in [0.1, 0.15) is 29.2 Å². The van der Waals surface area contributed by atoms with Crippen molar-refractivity contribution in [2.75, 3.05) is 0 Å². The maximum Gasteiger partial charge on any atom is 0.275 e. The Kier molecular flexibility index (Phi) is 3.54. The Bertz CT molecular complexity index is 740. The van der Waals surface area contributed by atoms with Crippen molar-refractivity contribution >= 4 is 5.69 Å². The number of aliphatic hydroxyl groups is 1. The normalized spacial score (nSPS) is 16.4. The number of hydrogen-bond donors (Lipinski definition) is 1. The van der Waals surface area contributed by atoms with E-state index >= 15 is 0 Å². The summed E-state index contributed by atoms with van der Waals surface area (Å²) in [6, 6.07) is 7.13. The first-order chi connectivity index (χ1) is 10.5. The number of aryl methyl sites for hydroxylation is 1. The molecule has 0 amide bonds. The molecule has 1 aliphatic rings. The zero-order valence-electron chi connectivity index (χ0n) is 11.9. The lowest BCUT2D eigenvalue weighted by Gasteiger charge is -2.12. The van der Waals surface area contributed by atoms with Crippen molar-refractivity contribution < 1.29 is 19.2 Å². The number of halogens is 1. The summed E-state index contributed by atoms with van der Waals surface area (Å²) in [4.78, 5) is 10.6. The first kappa shape index (κ1) is 14.5. The van der Waals surface area contributed by atoms with Crippen LogP contribution < -0.4 is 4.74 Å². The fourth-order valence-electron chi connectivity index (χ4n) is 2.83. The van der Waals surface area contributed by atoms with Crippen LogP contribution in [-0.2, 0) is 6.42 Å². The van der Waals surface area contributed by atoms with Gasteiger partial charge in [-0.05, 0) is 43.5 Å². The lowest BCUT2D eigenvalue weighted by atomic mass is 10.1. The molecule has 0 heterocycles. The summed E-state index contributed by atoms with van der Waals surface area (Å²) < 4.78 is 19.1. The van der Waals surface area contributed by atoms with Crippen molar-refractivity contribution in [1.29, 1.82) is 0 Å². The van der Waals surface area contributed by atoms with Crippen molar-refractivity contribution in [3.05, 3.63) is 63.0 Å². The first-order valence-electron chi connectivity index (χ1n) is 6.89. The molecular weight excluding hydrogens is 289 g/mol. The third-order valence-electron chi connectivity index (χ3n) is 3.73.